The maximum atomic E-state index is 12.6. The van der Waals surface area contributed by atoms with Gasteiger partial charge in [-0.1, -0.05) is 23.7 Å². The molecule has 0 saturated heterocycles. The molecule has 0 aliphatic carbocycles. The summed E-state index contributed by atoms with van der Waals surface area (Å²) in [5, 5.41) is 13.3. The number of pyridine rings is 1. The number of benzene rings is 1. The zero-order chi connectivity index (χ0) is 18.0. The number of carbonyl (C=O) groups is 1. The van der Waals surface area contributed by atoms with Gasteiger partial charge in [-0.3, -0.25) is 9.78 Å². The van der Waals surface area contributed by atoms with E-state index in [1.807, 2.05) is 48.9 Å². The number of nitrogens with one attached hydrogen (secondary N) is 1. The maximum Gasteiger partial charge on any atom is 0.268 e. The van der Waals surface area contributed by atoms with Crippen molar-refractivity contribution in [3.8, 4) is 6.07 Å². The highest BCUT2D eigenvalue weighted by Gasteiger charge is 2.16. The topological polar surface area (TPSA) is 70.7 Å². The van der Waals surface area contributed by atoms with Crippen LogP contribution in [0.15, 0.2) is 42.6 Å². The smallest absolute Gasteiger partial charge is 0.268 e. The van der Waals surface area contributed by atoms with Crippen LogP contribution in [0.5, 0.6) is 0 Å². The quantitative estimate of drug-likeness (QED) is 0.776. The van der Waals surface area contributed by atoms with Gasteiger partial charge in [0.1, 0.15) is 5.69 Å². The highest BCUT2D eigenvalue weighted by molar-refractivity contribution is 6.31. The molecule has 0 spiro atoms. The zero-order valence-electron chi connectivity index (χ0n) is 14.0. The molecular formula is C19H17ClN4O. The molecule has 1 amide bonds. The van der Waals surface area contributed by atoms with Gasteiger partial charge in [-0.2, -0.15) is 5.26 Å². The normalized spacial score (nSPS) is 11.9. The Bertz CT molecular complexity index is 969. The van der Waals surface area contributed by atoms with Gasteiger partial charge in [0.05, 0.1) is 24.2 Å². The minimum Gasteiger partial charge on any atom is -0.344 e. The van der Waals surface area contributed by atoms with E-state index in [1.165, 1.54) is 0 Å². The lowest BCUT2D eigenvalue weighted by atomic mass is 10.1. The molecule has 1 aromatic carbocycles. The predicted octanol–water partition coefficient (Wildman–Crippen LogP) is 3.78. The van der Waals surface area contributed by atoms with E-state index in [2.05, 4.69) is 16.4 Å². The van der Waals surface area contributed by atoms with E-state index < -0.39 is 0 Å². The first kappa shape index (κ1) is 17.0. The first-order valence-electron chi connectivity index (χ1n) is 7.87. The van der Waals surface area contributed by atoms with Crippen LogP contribution in [-0.4, -0.2) is 15.5 Å². The fourth-order valence-electron chi connectivity index (χ4n) is 2.75. The second kappa shape index (κ2) is 6.96. The molecule has 0 radical (unpaired) electrons. The minimum absolute atomic E-state index is 0.163. The van der Waals surface area contributed by atoms with Gasteiger partial charge < -0.3 is 9.88 Å². The summed E-state index contributed by atoms with van der Waals surface area (Å²) in [6.45, 7) is 1.90. The summed E-state index contributed by atoms with van der Waals surface area (Å²) in [4.78, 5) is 16.9. The molecule has 2 heterocycles. The van der Waals surface area contributed by atoms with Crippen LogP contribution in [0.25, 0.3) is 10.9 Å². The van der Waals surface area contributed by atoms with Crippen molar-refractivity contribution in [3.05, 3.63) is 64.6 Å². The Kier molecular flexibility index (Phi) is 4.73. The van der Waals surface area contributed by atoms with Crippen molar-refractivity contribution in [2.45, 2.75) is 19.4 Å². The average Bonchev–Trinajstić information content (AvgIpc) is 2.92. The zero-order valence-corrected chi connectivity index (χ0v) is 14.7. The lowest BCUT2D eigenvalue weighted by Gasteiger charge is -2.14. The lowest BCUT2D eigenvalue weighted by Crippen LogP contribution is -2.28. The lowest BCUT2D eigenvalue weighted by molar-refractivity contribution is 0.0932. The van der Waals surface area contributed by atoms with Crippen molar-refractivity contribution >= 4 is 28.4 Å². The Labute approximate surface area is 150 Å². The van der Waals surface area contributed by atoms with Crippen molar-refractivity contribution < 1.29 is 4.79 Å². The fourth-order valence-corrected chi connectivity index (χ4v) is 2.92. The van der Waals surface area contributed by atoms with Crippen LogP contribution in [0, 0.1) is 11.3 Å². The number of aryl methyl sites for hydroxylation is 1. The molecule has 0 aliphatic rings. The van der Waals surface area contributed by atoms with Crippen LogP contribution in [0.3, 0.4) is 0 Å². The maximum absolute atomic E-state index is 12.6. The standard InChI is InChI=1S/C19H17ClN4O/c1-12(14-4-6-16(7-8-21)22-11-14)23-19(25)18-9-13-3-5-15(20)10-17(13)24(18)2/h3-6,9-12H,7H2,1-2H3,(H,23,25)/t12-/m0/s1. The number of carbonyl (C=O) groups excluding carboxylic acids is 1. The summed E-state index contributed by atoms with van der Waals surface area (Å²) in [5.74, 6) is -0.163. The molecule has 0 fully saturated rings. The Morgan fingerprint density at radius 3 is 2.84 bits per heavy atom. The number of halogens is 1. The molecule has 1 atom stereocenters. The van der Waals surface area contributed by atoms with Crippen molar-refractivity contribution in [2.24, 2.45) is 7.05 Å². The number of nitriles is 1. The average molecular weight is 353 g/mol. The Hall–Kier alpha value is -2.84. The van der Waals surface area contributed by atoms with Crippen LogP contribution >= 0.6 is 11.6 Å². The Morgan fingerprint density at radius 1 is 1.36 bits per heavy atom. The molecule has 0 aliphatic heterocycles. The third-order valence-electron chi connectivity index (χ3n) is 4.20. The molecule has 126 valence electrons. The van der Waals surface area contributed by atoms with Gasteiger partial charge in [0, 0.05) is 29.2 Å². The third-order valence-corrected chi connectivity index (χ3v) is 4.43. The Balaban J connectivity index is 1.79. The van der Waals surface area contributed by atoms with Crippen molar-refractivity contribution in [1.82, 2.24) is 14.9 Å². The van der Waals surface area contributed by atoms with Crippen LogP contribution < -0.4 is 5.32 Å². The molecule has 3 rings (SSSR count). The SMILES string of the molecule is C[C@H](NC(=O)c1cc2ccc(Cl)cc2n1C)c1ccc(CC#N)nc1. The van der Waals surface area contributed by atoms with Crippen molar-refractivity contribution in [3.63, 3.8) is 0 Å². The van der Waals surface area contributed by atoms with Crippen LogP contribution in [0.4, 0.5) is 0 Å². The third kappa shape index (κ3) is 3.49. The summed E-state index contributed by atoms with van der Waals surface area (Å²) in [6.07, 6.45) is 1.97. The number of aromatic nitrogens is 2. The summed E-state index contributed by atoms with van der Waals surface area (Å²) in [6, 6.07) is 13.0. The van der Waals surface area contributed by atoms with E-state index in [0.29, 0.717) is 10.7 Å². The van der Waals surface area contributed by atoms with Crippen LogP contribution in [0.2, 0.25) is 5.02 Å². The minimum atomic E-state index is -0.197. The van der Waals surface area contributed by atoms with E-state index >= 15 is 0 Å². The van der Waals surface area contributed by atoms with Crippen LogP contribution in [-0.2, 0) is 13.5 Å². The fraction of sp³-hybridized carbons (Fsp3) is 0.211. The van der Waals surface area contributed by atoms with Gasteiger partial charge in [0.25, 0.3) is 5.91 Å². The molecule has 0 unspecified atom stereocenters. The molecule has 1 N–H and O–H groups in total. The highest BCUT2D eigenvalue weighted by Crippen LogP contribution is 2.23. The largest absolute Gasteiger partial charge is 0.344 e. The number of hydrogen-bond acceptors (Lipinski definition) is 3. The van der Waals surface area contributed by atoms with Gasteiger partial charge in [-0.25, -0.2) is 0 Å². The first-order valence-corrected chi connectivity index (χ1v) is 8.25. The van der Waals surface area contributed by atoms with E-state index in [9.17, 15) is 4.79 Å². The predicted molar refractivity (Wildman–Crippen MR) is 97.4 cm³/mol. The van der Waals surface area contributed by atoms with E-state index in [0.717, 1.165) is 22.2 Å². The molecule has 0 bridgehead atoms. The monoisotopic (exact) mass is 352 g/mol. The van der Waals surface area contributed by atoms with Gasteiger partial charge >= 0.3 is 0 Å². The van der Waals surface area contributed by atoms with Gasteiger partial charge in [0.15, 0.2) is 0 Å². The molecule has 25 heavy (non-hydrogen) atoms. The second-order valence-electron chi connectivity index (χ2n) is 5.90. The van der Waals surface area contributed by atoms with Gasteiger partial charge in [-0.05, 0) is 36.8 Å². The van der Waals surface area contributed by atoms with Gasteiger partial charge in [0.2, 0.25) is 0 Å². The molecule has 5 nitrogen and oxygen atoms in total. The number of fused-ring (bicyclic) bond motifs is 1. The molecule has 6 heteroatoms. The Morgan fingerprint density at radius 2 is 2.16 bits per heavy atom. The number of rotatable bonds is 4. The summed E-state index contributed by atoms with van der Waals surface area (Å²) >= 11 is 6.04. The van der Waals surface area contributed by atoms with Crippen molar-refractivity contribution in [2.75, 3.05) is 0 Å². The molecule has 3 aromatic rings. The molecule has 0 saturated carbocycles. The summed E-state index contributed by atoms with van der Waals surface area (Å²) in [7, 11) is 1.84. The number of hydrogen-bond donors (Lipinski definition) is 1. The van der Waals surface area contributed by atoms with E-state index in [4.69, 9.17) is 16.9 Å². The van der Waals surface area contributed by atoms with E-state index in [1.54, 1.807) is 12.3 Å². The van der Waals surface area contributed by atoms with Gasteiger partial charge in [-0.15, -0.1) is 0 Å². The second-order valence-corrected chi connectivity index (χ2v) is 6.34. The van der Waals surface area contributed by atoms with E-state index in [-0.39, 0.29) is 18.4 Å². The first-order chi connectivity index (χ1) is 12.0. The number of amides is 1. The number of nitrogens with zero attached hydrogens (tertiary/aromatic N) is 3. The van der Waals surface area contributed by atoms with Crippen molar-refractivity contribution in [1.29, 1.82) is 5.26 Å². The molecule has 2 aromatic heterocycles. The molecular weight excluding hydrogens is 336 g/mol. The summed E-state index contributed by atoms with van der Waals surface area (Å²) in [5.41, 5.74) is 3.08. The summed E-state index contributed by atoms with van der Waals surface area (Å²) < 4.78 is 1.83. The van der Waals surface area contributed by atoms with Crippen LogP contribution in [0.1, 0.15) is 34.7 Å². The highest BCUT2D eigenvalue weighted by atomic mass is 35.5.